The predicted molar refractivity (Wildman–Crippen MR) is 74.3 cm³/mol. The molecule has 0 N–H and O–H groups in total. The van der Waals surface area contributed by atoms with E-state index in [1.165, 1.54) is 0 Å². The van der Waals surface area contributed by atoms with Gasteiger partial charge in [0.05, 0.1) is 18.6 Å². The van der Waals surface area contributed by atoms with Crippen molar-refractivity contribution < 1.29 is 17.0 Å². The van der Waals surface area contributed by atoms with Crippen molar-refractivity contribution in [3.05, 3.63) is 23.4 Å². The number of oxazole rings is 1. The van der Waals surface area contributed by atoms with Crippen LogP contribution in [-0.2, 0) is 20.7 Å². The predicted octanol–water partition coefficient (Wildman–Crippen LogP) is 2.71. The van der Waals surface area contributed by atoms with E-state index in [9.17, 15) is 8.42 Å². The average molecular weight is 287 g/mol. The first-order valence-corrected chi connectivity index (χ1v) is 8.13. The van der Waals surface area contributed by atoms with E-state index in [-0.39, 0.29) is 6.61 Å². The molecule has 0 fully saturated rings. The van der Waals surface area contributed by atoms with Gasteiger partial charge in [-0.05, 0) is 20.3 Å². The fraction of sp³-hybridized carbons (Fsp3) is 0.615. The van der Waals surface area contributed by atoms with Gasteiger partial charge in [-0.1, -0.05) is 19.4 Å². The number of rotatable bonds is 7. The zero-order valence-electron chi connectivity index (χ0n) is 11.9. The molecule has 6 heteroatoms. The summed E-state index contributed by atoms with van der Waals surface area (Å²) in [4.78, 5) is 4.37. The summed E-state index contributed by atoms with van der Waals surface area (Å²) in [6, 6.07) is 0. The third-order valence-electron chi connectivity index (χ3n) is 2.61. The molecule has 0 unspecified atom stereocenters. The van der Waals surface area contributed by atoms with Crippen LogP contribution in [-0.4, -0.2) is 26.3 Å². The lowest BCUT2D eigenvalue weighted by Crippen LogP contribution is -2.06. The van der Waals surface area contributed by atoms with Crippen LogP contribution in [0.2, 0.25) is 0 Å². The Balaban J connectivity index is 2.69. The van der Waals surface area contributed by atoms with Crippen LogP contribution in [0.1, 0.15) is 44.0 Å². The molecule has 0 bridgehead atoms. The normalized spacial score (nSPS) is 12.9. The van der Waals surface area contributed by atoms with E-state index in [1.54, 1.807) is 0 Å². The van der Waals surface area contributed by atoms with Crippen LogP contribution in [0.5, 0.6) is 0 Å². The maximum Gasteiger partial charge on any atom is 0.264 e. The lowest BCUT2D eigenvalue weighted by Gasteiger charge is -1.98. The fourth-order valence-electron chi connectivity index (χ4n) is 1.57. The molecule has 0 radical (unpaired) electrons. The number of unbranched alkanes of at least 4 members (excludes halogenated alkanes) is 1. The van der Waals surface area contributed by atoms with Crippen LogP contribution < -0.4 is 0 Å². The molecule has 0 atom stereocenters. The molecular formula is C13H21NO4S. The molecule has 5 nitrogen and oxygen atoms in total. The summed E-state index contributed by atoms with van der Waals surface area (Å²) in [6.45, 7) is 5.97. The highest BCUT2D eigenvalue weighted by Gasteiger charge is 2.11. The molecule has 1 rings (SSSR count). The number of aryl methyl sites for hydroxylation is 1. The monoisotopic (exact) mass is 287 g/mol. The Morgan fingerprint density at radius 3 is 2.74 bits per heavy atom. The molecule has 0 saturated carbocycles. The van der Waals surface area contributed by atoms with Crippen LogP contribution >= 0.6 is 0 Å². The van der Waals surface area contributed by atoms with E-state index in [0.717, 1.165) is 30.4 Å². The third-order valence-corrected chi connectivity index (χ3v) is 3.20. The number of allylic oxidation sites excluding steroid dienone is 2. The summed E-state index contributed by atoms with van der Waals surface area (Å²) >= 11 is 0. The molecule has 1 heterocycles. The smallest absolute Gasteiger partial charge is 0.264 e. The van der Waals surface area contributed by atoms with E-state index in [2.05, 4.69) is 18.0 Å². The Bertz CT molecular complexity index is 543. The Kier molecular flexibility index (Phi) is 5.75. The molecule has 1 aromatic rings. The van der Waals surface area contributed by atoms with Crippen LogP contribution in [0, 0.1) is 6.92 Å². The van der Waals surface area contributed by atoms with Crippen molar-refractivity contribution in [3.63, 3.8) is 0 Å². The Morgan fingerprint density at radius 2 is 2.16 bits per heavy atom. The Morgan fingerprint density at radius 1 is 1.47 bits per heavy atom. The molecular weight excluding hydrogens is 266 g/mol. The molecule has 0 aliphatic carbocycles. The molecule has 19 heavy (non-hydrogen) atoms. The molecule has 1 aromatic heterocycles. The van der Waals surface area contributed by atoms with Gasteiger partial charge in [-0.15, -0.1) is 0 Å². The van der Waals surface area contributed by atoms with Gasteiger partial charge in [-0.2, -0.15) is 8.42 Å². The highest BCUT2D eigenvalue weighted by atomic mass is 32.2. The van der Waals surface area contributed by atoms with Crippen LogP contribution in [0.25, 0.3) is 5.57 Å². The van der Waals surface area contributed by atoms with Gasteiger partial charge in [0.2, 0.25) is 5.89 Å². The number of hydrogen-bond donors (Lipinski definition) is 0. The number of hydrogen-bond acceptors (Lipinski definition) is 5. The van der Waals surface area contributed by atoms with Crippen molar-refractivity contribution in [1.29, 1.82) is 0 Å². The topological polar surface area (TPSA) is 69.4 Å². The second kappa shape index (κ2) is 6.86. The molecule has 0 amide bonds. The Labute approximate surface area is 114 Å². The fourth-order valence-corrected chi connectivity index (χ4v) is 1.95. The van der Waals surface area contributed by atoms with Gasteiger partial charge in [-0.25, -0.2) is 4.98 Å². The van der Waals surface area contributed by atoms with Gasteiger partial charge in [0.15, 0.2) is 0 Å². The van der Waals surface area contributed by atoms with Gasteiger partial charge in [0, 0.05) is 12.0 Å². The van der Waals surface area contributed by atoms with Crippen molar-refractivity contribution in [3.8, 4) is 0 Å². The minimum Gasteiger partial charge on any atom is -0.442 e. The minimum absolute atomic E-state index is 0.0867. The molecule has 0 aliphatic rings. The van der Waals surface area contributed by atoms with Crippen LogP contribution in [0.15, 0.2) is 10.5 Å². The van der Waals surface area contributed by atoms with Gasteiger partial charge >= 0.3 is 0 Å². The summed E-state index contributed by atoms with van der Waals surface area (Å²) in [5.74, 6) is 1.30. The summed E-state index contributed by atoms with van der Waals surface area (Å²) in [5.41, 5.74) is 1.74. The van der Waals surface area contributed by atoms with Crippen molar-refractivity contribution in [1.82, 2.24) is 4.98 Å². The highest BCUT2D eigenvalue weighted by molar-refractivity contribution is 7.85. The van der Waals surface area contributed by atoms with Crippen molar-refractivity contribution in [2.75, 3.05) is 12.9 Å². The largest absolute Gasteiger partial charge is 0.442 e. The average Bonchev–Trinajstić information content (AvgIpc) is 2.66. The van der Waals surface area contributed by atoms with Crippen molar-refractivity contribution in [2.45, 2.75) is 40.0 Å². The van der Waals surface area contributed by atoms with E-state index >= 15 is 0 Å². The van der Waals surface area contributed by atoms with E-state index in [4.69, 9.17) is 8.60 Å². The van der Waals surface area contributed by atoms with E-state index < -0.39 is 10.1 Å². The van der Waals surface area contributed by atoms with Gasteiger partial charge in [0.25, 0.3) is 10.1 Å². The van der Waals surface area contributed by atoms with Gasteiger partial charge in [-0.3, -0.25) is 4.18 Å². The standard InChI is InChI=1S/C13H21NO4S/c1-5-6-7-10(2)13-14-12(11(3)18-13)8-9-17-19(4,15)16/h7H,5-6,8-9H2,1-4H3. The Hall–Kier alpha value is -1.14. The molecule has 0 aromatic carbocycles. The molecule has 108 valence electrons. The second-order valence-electron chi connectivity index (χ2n) is 4.47. The summed E-state index contributed by atoms with van der Waals surface area (Å²) in [5, 5.41) is 0. The van der Waals surface area contributed by atoms with E-state index in [1.807, 2.05) is 13.8 Å². The molecule has 0 spiro atoms. The third kappa shape index (κ3) is 5.57. The van der Waals surface area contributed by atoms with Crippen molar-refractivity contribution >= 4 is 15.7 Å². The quantitative estimate of drug-likeness (QED) is 0.721. The number of nitrogens with zero attached hydrogens (tertiary/aromatic N) is 1. The zero-order valence-corrected chi connectivity index (χ0v) is 12.7. The highest BCUT2D eigenvalue weighted by Crippen LogP contribution is 2.18. The summed E-state index contributed by atoms with van der Waals surface area (Å²) in [7, 11) is -3.40. The zero-order chi connectivity index (χ0) is 14.5. The SMILES string of the molecule is CCCC=C(C)c1nc(CCOS(C)(=O)=O)c(C)o1. The van der Waals surface area contributed by atoms with E-state index in [0.29, 0.717) is 18.1 Å². The lowest BCUT2D eigenvalue weighted by molar-refractivity contribution is 0.324. The maximum atomic E-state index is 10.9. The first-order chi connectivity index (χ1) is 8.83. The first-order valence-electron chi connectivity index (χ1n) is 6.31. The minimum atomic E-state index is -3.40. The van der Waals surface area contributed by atoms with Crippen molar-refractivity contribution in [2.24, 2.45) is 0 Å². The number of aromatic nitrogens is 1. The molecule has 0 aliphatic heterocycles. The lowest BCUT2D eigenvalue weighted by atomic mass is 10.2. The van der Waals surface area contributed by atoms with Gasteiger partial charge in [0.1, 0.15) is 5.76 Å². The maximum absolute atomic E-state index is 10.9. The summed E-state index contributed by atoms with van der Waals surface area (Å²) < 4.78 is 32.0. The second-order valence-corrected chi connectivity index (χ2v) is 6.12. The first kappa shape index (κ1) is 15.9. The van der Waals surface area contributed by atoms with Crippen LogP contribution in [0.4, 0.5) is 0 Å². The summed E-state index contributed by atoms with van der Waals surface area (Å²) in [6.07, 6.45) is 5.60. The molecule has 0 saturated heterocycles. The van der Waals surface area contributed by atoms with Gasteiger partial charge < -0.3 is 4.42 Å². The van der Waals surface area contributed by atoms with Crippen LogP contribution in [0.3, 0.4) is 0 Å².